The van der Waals surface area contributed by atoms with Crippen LogP contribution in [0, 0.1) is 19.7 Å². The first-order valence-corrected chi connectivity index (χ1v) is 7.63. The average molecular weight is 279 g/mol. The van der Waals surface area contributed by atoms with Gasteiger partial charge in [-0.25, -0.2) is 12.8 Å². The Morgan fingerprint density at radius 1 is 1.24 bits per heavy atom. The molecule has 17 heavy (non-hydrogen) atoms. The van der Waals surface area contributed by atoms with Crippen LogP contribution in [-0.2, 0) is 9.84 Å². The van der Waals surface area contributed by atoms with Crippen LogP contribution in [-0.4, -0.2) is 19.9 Å². The zero-order valence-electron chi connectivity index (χ0n) is 10.3. The van der Waals surface area contributed by atoms with Gasteiger partial charge < -0.3 is 0 Å². The molecule has 0 aliphatic heterocycles. The van der Waals surface area contributed by atoms with Crippen LogP contribution < -0.4 is 0 Å². The number of hydrogen-bond donors (Lipinski definition) is 0. The molecule has 1 aromatic carbocycles. The predicted octanol–water partition coefficient (Wildman–Crippen LogP) is 3.16. The van der Waals surface area contributed by atoms with E-state index in [1.54, 1.807) is 20.8 Å². The third-order valence-electron chi connectivity index (χ3n) is 2.92. The Morgan fingerprint density at radius 3 is 2.00 bits per heavy atom. The monoisotopic (exact) mass is 278 g/mol. The molecule has 0 fully saturated rings. The van der Waals surface area contributed by atoms with E-state index in [0.29, 0.717) is 16.7 Å². The zero-order chi connectivity index (χ0) is 13.4. The van der Waals surface area contributed by atoms with Gasteiger partial charge in [-0.3, -0.25) is 0 Å². The van der Waals surface area contributed by atoms with Crippen LogP contribution in [0.15, 0.2) is 12.1 Å². The molecule has 0 bridgehead atoms. The minimum atomic E-state index is -3.22. The molecule has 0 N–H and O–H groups in total. The van der Waals surface area contributed by atoms with Gasteiger partial charge in [0.05, 0.1) is 10.6 Å². The van der Waals surface area contributed by atoms with E-state index in [4.69, 9.17) is 11.6 Å². The molecule has 0 radical (unpaired) electrons. The minimum absolute atomic E-state index is 0.334. The fourth-order valence-electron chi connectivity index (χ4n) is 1.81. The van der Waals surface area contributed by atoms with E-state index < -0.39 is 20.5 Å². The standard InChI is InChI=1S/C12H16ClFO2S/c1-7-5-10(14)6-8(2)11(7)12(13)9(3)17(4,15)16/h5-6,9,12H,1-4H3. The molecule has 0 spiro atoms. The van der Waals surface area contributed by atoms with Crippen LogP contribution >= 0.6 is 11.6 Å². The Bertz CT molecular complexity index is 502. The summed E-state index contributed by atoms with van der Waals surface area (Å²) in [6, 6.07) is 2.74. The van der Waals surface area contributed by atoms with Gasteiger partial charge in [-0.05, 0) is 49.6 Å². The number of hydrogen-bond acceptors (Lipinski definition) is 2. The van der Waals surface area contributed by atoms with Crippen LogP contribution in [0.4, 0.5) is 4.39 Å². The SMILES string of the molecule is Cc1cc(F)cc(C)c1C(Cl)C(C)S(C)(=O)=O. The summed E-state index contributed by atoms with van der Waals surface area (Å²) in [5, 5.41) is -1.36. The number of benzene rings is 1. The summed E-state index contributed by atoms with van der Waals surface area (Å²) in [5.41, 5.74) is 2.06. The average Bonchev–Trinajstić information content (AvgIpc) is 2.13. The normalized spacial score (nSPS) is 15.6. The second-order valence-corrected chi connectivity index (χ2v) is 7.26. The minimum Gasteiger partial charge on any atom is -0.229 e. The van der Waals surface area contributed by atoms with E-state index >= 15 is 0 Å². The smallest absolute Gasteiger partial charge is 0.151 e. The molecular formula is C12H16ClFO2S. The van der Waals surface area contributed by atoms with Gasteiger partial charge in [0, 0.05) is 6.26 Å². The zero-order valence-corrected chi connectivity index (χ0v) is 11.9. The Labute approximate surface area is 107 Å². The highest BCUT2D eigenvalue weighted by molar-refractivity contribution is 7.91. The van der Waals surface area contributed by atoms with Crippen molar-refractivity contribution in [2.75, 3.05) is 6.26 Å². The van der Waals surface area contributed by atoms with Crippen molar-refractivity contribution in [3.63, 3.8) is 0 Å². The van der Waals surface area contributed by atoms with Crippen molar-refractivity contribution in [1.29, 1.82) is 0 Å². The van der Waals surface area contributed by atoms with E-state index in [9.17, 15) is 12.8 Å². The van der Waals surface area contributed by atoms with E-state index in [1.807, 2.05) is 0 Å². The third kappa shape index (κ3) is 3.19. The molecule has 2 nitrogen and oxygen atoms in total. The molecule has 96 valence electrons. The van der Waals surface area contributed by atoms with Gasteiger partial charge in [-0.15, -0.1) is 11.6 Å². The van der Waals surface area contributed by atoms with Gasteiger partial charge in [0.25, 0.3) is 0 Å². The molecule has 0 aliphatic rings. The Kier molecular flexibility index (Phi) is 4.20. The first-order chi connectivity index (χ1) is 7.64. The van der Waals surface area contributed by atoms with Crippen LogP contribution in [0.25, 0.3) is 0 Å². The van der Waals surface area contributed by atoms with Crippen molar-refractivity contribution in [1.82, 2.24) is 0 Å². The Morgan fingerprint density at radius 2 is 1.65 bits per heavy atom. The summed E-state index contributed by atoms with van der Waals surface area (Å²) < 4.78 is 36.1. The van der Waals surface area contributed by atoms with Gasteiger partial charge in [-0.1, -0.05) is 0 Å². The topological polar surface area (TPSA) is 34.1 Å². The lowest BCUT2D eigenvalue weighted by atomic mass is 9.98. The predicted molar refractivity (Wildman–Crippen MR) is 68.8 cm³/mol. The van der Waals surface area contributed by atoms with Crippen molar-refractivity contribution in [2.45, 2.75) is 31.4 Å². The Hall–Kier alpha value is -0.610. The van der Waals surface area contributed by atoms with Gasteiger partial charge >= 0.3 is 0 Å². The summed E-state index contributed by atoms with van der Waals surface area (Å²) in [6.07, 6.45) is 1.15. The van der Waals surface area contributed by atoms with Gasteiger partial charge in [0.1, 0.15) is 5.82 Å². The fourth-order valence-corrected chi connectivity index (χ4v) is 3.28. The van der Waals surface area contributed by atoms with Crippen LogP contribution in [0.1, 0.15) is 29.0 Å². The molecule has 0 heterocycles. The maximum atomic E-state index is 13.1. The maximum Gasteiger partial charge on any atom is 0.151 e. The van der Waals surface area contributed by atoms with E-state index in [2.05, 4.69) is 0 Å². The summed E-state index contributed by atoms with van der Waals surface area (Å²) >= 11 is 6.20. The molecular weight excluding hydrogens is 263 g/mol. The Balaban J connectivity index is 3.26. The molecule has 1 aromatic rings. The molecule has 0 aliphatic carbocycles. The number of aryl methyl sites for hydroxylation is 2. The molecule has 2 unspecified atom stereocenters. The number of rotatable bonds is 3. The van der Waals surface area contributed by atoms with Crippen LogP contribution in [0.2, 0.25) is 0 Å². The third-order valence-corrected chi connectivity index (χ3v) is 5.29. The maximum absolute atomic E-state index is 13.1. The molecule has 0 aromatic heterocycles. The highest BCUT2D eigenvalue weighted by atomic mass is 35.5. The van der Waals surface area contributed by atoms with E-state index in [0.717, 1.165) is 6.26 Å². The van der Waals surface area contributed by atoms with Crippen molar-refractivity contribution < 1.29 is 12.8 Å². The molecule has 0 amide bonds. The fraction of sp³-hybridized carbons (Fsp3) is 0.500. The summed E-state index contributed by atoms with van der Waals surface area (Å²) in [6.45, 7) is 5.03. The summed E-state index contributed by atoms with van der Waals surface area (Å²) in [5.74, 6) is -0.334. The van der Waals surface area contributed by atoms with Crippen molar-refractivity contribution in [3.05, 3.63) is 34.6 Å². The molecule has 0 saturated carbocycles. The first-order valence-electron chi connectivity index (χ1n) is 5.24. The lowest BCUT2D eigenvalue weighted by molar-refractivity contribution is 0.586. The second kappa shape index (κ2) is 4.94. The van der Waals surface area contributed by atoms with Crippen LogP contribution in [0.5, 0.6) is 0 Å². The molecule has 1 rings (SSSR count). The summed E-state index contributed by atoms with van der Waals surface area (Å²) in [7, 11) is -3.22. The van der Waals surface area contributed by atoms with Crippen LogP contribution in [0.3, 0.4) is 0 Å². The molecule has 0 saturated heterocycles. The molecule has 5 heteroatoms. The number of sulfone groups is 1. The largest absolute Gasteiger partial charge is 0.229 e. The highest BCUT2D eigenvalue weighted by Crippen LogP contribution is 2.33. The van der Waals surface area contributed by atoms with Crippen molar-refractivity contribution in [2.24, 2.45) is 0 Å². The van der Waals surface area contributed by atoms with Crippen molar-refractivity contribution in [3.8, 4) is 0 Å². The van der Waals surface area contributed by atoms with E-state index in [-0.39, 0.29) is 5.82 Å². The van der Waals surface area contributed by atoms with Gasteiger partial charge in [0.2, 0.25) is 0 Å². The van der Waals surface area contributed by atoms with Gasteiger partial charge in [0.15, 0.2) is 9.84 Å². The van der Waals surface area contributed by atoms with Gasteiger partial charge in [-0.2, -0.15) is 0 Å². The van der Waals surface area contributed by atoms with E-state index in [1.165, 1.54) is 12.1 Å². The summed E-state index contributed by atoms with van der Waals surface area (Å²) in [4.78, 5) is 0. The quantitative estimate of drug-likeness (QED) is 0.796. The molecule has 2 atom stereocenters. The highest BCUT2D eigenvalue weighted by Gasteiger charge is 2.27. The lowest BCUT2D eigenvalue weighted by Crippen LogP contribution is -2.22. The first kappa shape index (κ1) is 14.5. The van der Waals surface area contributed by atoms with Crippen molar-refractivity contribution >= 4 is 21.4 Å². The second-order valence-electron chi connectivity index (χ2n) is 4.39. The number of alkyl halides is 1. The lowest BCUT2D eigenvalue weighted by Gasteiger charge is -2.20. The number of halogens is 2.